The lowest BCUT2D eigenvalue weighted by atomic mass is 9.97. The van der Waals surface area contributed by atoms with E-state index < -0.39 is 5.82 Å². The van der Waals surface area contributed by atoms with Crippen LogP contribution < -0.4 is 0 Å². The van der Waals surface area contributed by atoms with E-state index >= 15 is 4.39 Å². The summed E-state index contributed by atoms with van der Waals surface area (Å²) in [6.45, 7) is 1.98. The highest BCUT2D eigenvalue weighted by atomic mass is 35.5. The summed E-state index contributed by atoms with van der Waals surface area (Å²) < 4.78 is 43.4. The number of benzene rings is 4. The molecule has 4 rings (SSSR count). The van der Waals surface area contributed by atoms with E-state index in [0.29, 0.717) is 42.2 Å². The van der Waals surface area contributed by atoms with Crippen molar-refractivity contribution in [1.29, 1.82) is 0 Å². The van der Waals surface area contributed by atoms with Gasteiger partial charge in [0.2, 0.25) is 0 Å². The fourth-order valence-electron chi connectivity index (χ4n) is 4.35. The van der Waals surface area contributed by atoms with E-state index in [0.717, 1.165) is 34.9 Å². The molecular weight excluding hydrogens is 465 g/mol. The minimum atomic E-state index is -0.462. The van der Waals surface area contributed by atoms with Gasteiger partial charge in [-0.05, 0) is 96.9 Å². The molecule has 0 N–H and O–H groups in total. The largest absolute Gasteiger partial charge is 0.207 e. The lowest BCUT2D eigenvalue weighted by molar-refractivity contribution is 0.606. The third-order valence-corrected chi connectivity index (χ3v) is 6.71. The van der Waals surface area contributed by atoms with Crippen LogP contribution in [0.25, 0.3) is 10.8 Å². The van der Waals surface area contributed by atoms with Crippen molar-refractivity contribution in [2.75, 3.05) is 0 Å². The van der Waals surface area contributed by atoms with Gasteiger partial charge >= 0.3 is 0 Å². The molecule has 4 aromatic carbocycles. The summed E-state index contributed by atoms with van der Waals surface area (Å²) in [5.74, 6) is -0.876. The summed E-state index contributed by atoms with van der Waals surface area (Å²) >= 11 is 5.74. The highest BCUT2D eigenvalue weighted by Crippen LogP contribution is 2.25. The first kappa shape index (κ1) is 25.1. The number of halogens is 4. The van der Waals surface area contributed by atoms with Crippen LogP contribution in [0.2, 0.25) is 5.02 Å². The number of hydrogen-bond donors (Lipinski definition) is 0. The zero-order chi connectivity index (χ0) is 24.8. The minimum Gasteiger partial charge on any atom is -0.207 e. The maximum Gasteiger partial charge on any atom is 0.142 e. The van der Waals surface area contributed by atoms with Gasteiger partial charge in [-0.1, -0.05) is 72.3 Å². The van der Waals surface area contributed by atoms with Crippen LogP contribution >= 0.6 is 11.6 Å². The Morgan fingerprint density at radius 3 is 2.03 bits per heavy atom. The van der Waals surface area contributed by atoms with Crippen LogP contribution in [0.3, 0.4) is 0 Å². The normalized spacial score (nSPS) is 11.6. The van der Waals surface area contributed by atoms with Gasteiger partial charge in [0.1, 0.15) is 17.5 Å². The second kappa shape index (κ2) is 11.6. The average Bonchev–Trinajstić information content (AvgIpc) is 2.85. The molecule has 0 aliphatic carbocycles. The Kier molecular flexibility index (Phi) is 8.30. The fourth-order valence-corrected chi connectivity index (χ4v) is 4.47. The van der Waals surface area contributed by atoms with Gasteiger partial charge in [0, 0.05) is 5.39 Å². The van der Waals surface area contributed by atoms with Crippen molar-refractivity contribution < 1.29 is 13.2 Å². The van der Waals surface area contributed by atoms with Gasteiger partial charge in [-0.25, -0.2) is 13.2 Å². The predicted molar refractivity (Wildman–Crippen MR) is 140 cm³/mol. The van der Waals surface area contributed by atoms with Crippen molar-refractivity contribution in [2.45, 2.75) is 45.4 Å². The Morgan fingerprint density at radius 1 is 0.657 bits per heavy atom. The van der Waals surface area contributed by atoms with Crippen LogP contribution in [0.4, 0.5) is 13.2 Å². The van der Waals surface area contributed by atoms with Crippen molar-refractivity contribution >= 4 is 22.4 Å². The molecule has 0 unspecified atom stereocenters. The van der Waals surface area contributed by atoms with Crippen molar-refractivity contribution in [1.82, 2.24) is 0 Å². The molecule has 0 amide bonds. The summed E-state index contributed by atoms with van der Waals surface area (Å²) in [6.07, 6.45) is 8.08. The van der Waals surface area contributed by atoms with E-state index in [-0.39, 0.29) is 16.7 Å². The van der Waals surface area contributed by atoms with Gasteiger partial charge in [0.05, 0.1) is 5.02 Å². The molecule has 0 nitrogen and oxygen atoms in total. The molecule has 0 heterocycles. The van der Waals surface area contributed by atoms with Gasteiger partial charge in [-0.15, -0.1) is 0 Å². The van der Waals surface area contributed by atoms with Crippen LogP contribution in [-0.2, 0) is 32.1 Å². The monoisotopic (exact) mass is 492 g/mol. The van der Waals surface area contributed by atoms with E-state index in [9.17, 15) is 8.78 Å². The molecule has 0 aliphatic rings. The number of aryl methyl sites for hydroxylation is 5. The molecule has 0 aliphatic heterocycles. The van der Waals surface area contributed by atoms with Gasteiger partial charge in [-0.2, -0.15) is 0 Å². The van der Waals surface area contributed by atoms with Crippen LogP contribution in [0.5, 0.6) is 0 Å². The summed E-state index contributed by atoms with van der Waals surface area (Å²) in [4.78, 5) is 0. The SMILES string of the molecule is C/C=C/CCc1ccc(CCc2ccc3c(F)c(CCc4ccc(Cl)c(F)c4)ccc3c2)c(F)c1. The molecular formula is C31H28ClF3. The molecule has 180 valence electrons. The Bertz CT molecular complexity index is 1360. The molecule has 0 fully saturated rings. The second-order valence-corrected chi connectivity index (χ2v) is 9.28. The summed E-state index contributed by atoms with van der Waals surface area (Å²) in [5.41, 5.74) is 4.11. The van der Waals surface area contributed by atoms with Crippen LogP contribution in [-0.4, -0.2) is 0 Å². The van der Waals surface area contributed by atoms with E-state index in [1.54, 1.807) is 24.3 Å². The van der Waals surface area contributed by atoms with Crippen molar-refractivity contribution in [3.8, 4) is 0 Å². The van der Waals surface area contributed by atoms with E-state index in [4.69, 9.17) is 11.6 Å². The van der Waals surface area contributed by atoms with Crippen molar-refractivity contribution in [3.05, 3.63) is 129 Å². The second-order valence-electron chi connectivity index (χ2n) is 8.88. The first-order valence-corrected chi connectivity index (χ1v) is 12.3. The quantitative estimate of drug-likeness (QED) is 0.204. The molecule has 35 heavy (non-hydrogen) atoms. The third kappa shape index (κ3) is 6.35. The Morgan fingerprint density at radius 2 is 1.29 bits per heavy atom. The highest BCUT2D eigenvalue weighted by molar-refractivity contribution is 6.30. The number of fused-ring (bicyclic) bond motifs is 1. The maximum atomic E-state index is 15.2. The number of allylic oxidation sites excluding steroid dienone is 2. The summed E-state index contributed by atoms with van der Waals surface area (Å²) in [6, 6.07) is 19.6. The molecule has 4 aromatic rings. The Hall–Kier alpha value is -3.04. The van der Waals surface area contributed by atoms with Gasteiger partial charge in [0.15, 0.2) is 0 Å². The van der Waals surface area contributed by atoms with Gasteiger partial charge < -0.3 is 0 Å². The smallest absolute Gasteiger partial charge is 0.142 e. The lowest BCUT2D eigenvalue weighted by Crippen LogP contribution is -1.98. The predicted octanol–water partition coefficient (Wildman–Crippen LogP) is 8.99. The number of hydrogen-bond acceptors (Lipinski definition) is 0. The first-order chi connectivity index (χ1) is 16.9. The topological polar surface area (TPSA) is 0 Å². The zero-order valence-electron chi connectivity index (χ0n) is 19.8. The molecule has 0 atom stereocenters. The minimum absolute atomic E-state index is 0.0845. The third-order valence-electron chi connectivity index (χ3n) is 6.40. The molecule has 0 aromatic heterocycles. The Labute approximate surface area is 210 Å². The molecule has 0 saturated carbocycles. The average molecular weight is 493 g/mol. The summed E-state index contributed by atoms with van der Waals surface area (Å²) in [5, 5.41) is 1.47. The summed E-state index contributed by atoms with van der Waals surface area (Å²) in [7, 11) is 0. The zero-order valence-corrected chi connectivity index (χ0v) is 20.5. The van der Waals surface area contributed by atoms with E-state index in [2.05, 4.69) is 6.08 Å². The van der Waals surface area contributed by atoms with Gasteiger partial charge in [-0.3, -0.25) is 0 Å². The van der Waals surface area contributed by atoms with Crippen LogP contribution in [0.1, 0.15) is 41.2 Å². The van der Waals surface area contributed by atoms with E-state index in [1.807, 2.05) is 43.3 Å². The molecule has 0 bridgehead atoms. The molecule has 0 radical (unpaired) electrons. The molecule has 0 spiro atoms. The first-order valence-electron chi connectivity index (χ1n) is 12.0. The van der Waals surface area contributed by atoms with Crippen molar-refractivity contribution in [2.24, 2.45) is 0 Å². The van der Waals surface area contributed by atoms with Crippen molar-refractivity contribution in [3.63, 3.8) is 0 Å². The molecule has 4 heteroatoms. The standard InChI is InChI=1S/C31H28ClF3/c1-2-3-4-5-21-6-11-24(29(33)19-21)12-7-22-9-16-27-26(18-22)15-14-25(31(27)35)13-8-23-10-17-28(32)30(34)20-23/h2-3,6,9-11,14-20H,4-5,7-8,12-13H2,1H3/b3-2+. The Balaban J connectivity index is 1.42. The van der Waals surface area contributed by atoms with Crippen LogP contribution in [0.15, 0.2) is 78.9 Å². The highest BCUT2D eigenvalue weighted by Gasteiger charge is 2.10. The number of rotatable bonds is 9. The maximum absolute atomic E-state index is 15.2. The van der Waals surface area contributed by atoms with E-state index in [1.165, 1.54) is 12.1 Å². The fraction of sp³-hybridized carbons (Fsp3) is 0.226. The van der Waals surface area contributed by atoms with Gasteiger partial charge in [0.25, 0.3) is 0 Å². The lowest BCUT2D eigenvalue weighted by Gasteiger charge is -2.10. The van der Waals surface area contributed by atoms with Crippen LogP contribution in [0, 0.1) is 17.5 Å². The molecule has 0 saturated heterocycles.